The van der Waals surface area contributed by atoms with Crippen molar-refractivity contribution in [2.24, 2.45) is 5.41 Å². The zero-order chi connectivity index (χ0) is 12.3. The van der Waals surface area contributed by atoms with E-state index in [1.807, 2.05) is 34.6 Å². The fourth-order valence-corrected chi connectivity index (χ4v) is 1.39. The van der Waals surface area contributed by atoms with Gasteiger partial charge in [-0.25, -0.2) is 0 Å². The van der Waals surface area contributed by atoms with E-state index in [0.29, 0.717) is 13.1 Å². The molecule has 1 atom stereocenters. The van der Waals surface area contributed by atoms with Crippen LogP contribution in [0.2, 0.25) is 0 Å². The molecule has 0 saturated heterocycles. The lowest BCUT2D eigenvalue weighted by Crippen LogP contribution is -2.36. The van der Waals surface area contributed by atoms with Crippen LogP contribution in [0.25, 0.3) is 0 Å². The van der Waals surface area contributed by atoms with Gasteiger partial charge in [0.2, 0.25) is 0 Å². The van der Waals surface area contributed by atoms with Gasteiger partial charge in [-0.2, -0.15) is 0 Å². The molecule has 0 aliphatic carbocycles. The summed E-state index contributed by atoms with van der Waals surface area (Å²) >= 11 is 0. The van der Waals surface area contributed by atoms with Crippen molar-refractivity contribution in [3.05, 3.63) is 17.0 Å². The largest absolute Gasteiger partial charge is 0.391 e. The number of nitrogens with zero attached hydrogens (tertiary/aromatic N) is 1. The molecule has 4 heteroatoms. The van der Waals surface area contributed by atoms with E-state index >= 15 is 0 Å². The normalized spacial score (nSPS) is 14.1. The predicted molar refractivity (Wildman–Crippen MR) is 63.1 cm³/mol. The van der Waals surface area contributed by atoms with Crippen molar-refractivity contribution in [1.82, 2.24) is 10.5 Å². The molecule has 0 saturated carbocycles. The fourth-order valence-electron chi connectivity index (χ4n) is 1.39. The van der Waals surface area contributed by atoms with Gasteiger partial charge >= 0.3 is 0 Å². The predicted octanol–water partition coefficient (Wildman–Crippen LogP) is 1.79. The van der Waals surface area contributed by atoms with Gasteiger partial charge in [0.15, 0.2) is 0 Å². The Bertz CT molecular complexity index is 320. The topological polar surface area (TPSA) is 58.3 Å². The summed E-state index contributed by atoms with van der Waals surface area (Å²) in [6, 6.07) is 0. The molecule has 0 aliphatic heterocycles. The van der Waals surface area contributed by atoms with Crippen molar-refractivity contribution in [3.63, 3.8) is 0 Å². The van der Waals surface area contributed by atoms with E-state index in [0.717, 1.165) is 17.0 Å². The lowest BCUT2D eigenvalue weighted by atomic mass is 9.89. The molecule has 0 amide bonds. The Labute approximate surface area is 97.0 Å². The molecule has 0 radical (unpaired) electrons. The van der Waals surface area contributed by atoms with E-state index < -0.39 is 0 Å². The average molecular weight is 226 g/mol. The highest BCUT2D eigenvalue weighted by molar-refractivity contribution is 5.20. The average Bonchev–Trinajstić information content (AvgIpc) is 2.47. The van der Waals surface area contributed by atoms with Crippen LogP contribution < -0.4 is 5.32 Å². The second-order valence-corrected chi connectivity index (χ2v) is 5.32. The van der Waals surface area contributed by atoms with Crippen LogP contribution in [-0.4, -0.2) is 22.9 Å². The first kappa shape index (κ1) is 13.2. The van der Waals surface area contributed by atoms with Gasteiger partial charge in [-0.3, -0.25) is 0 Å². The number of aliphatic hydroxyl groups excluding tert-OH is 1. The number of nitrogens with one attached hydrogen (secondary N) is 1. The van der Waals surface area contributed by atoms with Gasteiger partial charge in [-0.15, -0.1) is 0 Å². The van der Waals surface area contributed by atoms with E-state index in [-0.39, 0.29) is 11.5 Å². The van der Waals surface area contributed by atoms with Gasteiger partial charge in [0.1, 0.15) is 5.76 Å². The zero-order valence-corrected chi connectivity index (χ0v) is 10.8. The standard InChI is InChI=1S/C12H22N2O2/c1-8-10(9(2)16-14-8)6-13-7-11(15)12(3,4)5/h11,13,15H,6-7H2,1-5H3. The SMILES string of the molecule is Cc1noc(C)c1CNCC(O)C(C)(C)C. The Morgan fingerprint density at radius 3 is 2.44 bits per heavy atom. The molecule has 16 heavy (non-hydrogen) atoms. The van der Waals surface area contributed by atoms with Crippen LogP contribution in [0, 0.1) is 19.3 Å². The molecule has 0 fully saturated rings. The van der Waals surface area contributed by atoms with Gasteiger partial charge in [-0.05, 0) is 19.3 Å². The van der Waals surface area contributed by atoms with Crippen LogP contribution in [-0.2, 0) is 6.54 Å². The molecule has 0 spiro atoms. The maximum absolute atomic E-state index is 9.85. The third-order valence-electron chi connectivity index (χ3n) is 2.82. The lowest BCUT2D eigenvalue weighted by Gasteiger charge is -2.25. The van der Waals surface area contributed by atoms with Crippen LogP contribution in [0.15, 0.2) is 4.52 Å². The Morgan fingerprint density at radius 2 is 2.00 bits per heavy atom. The van der Waals surface area contributed by atoms with Crippen molar-refractivity contribution in [1.29, 1.82) is 0 Å². The van der Waals surface area contributed by atoms with Crippen molar-refractivity contribution in [2.75, 3.05) is 6.54 Å². The van der Waals surface area contributed by atoms with Gasteiger partial charge in [-0.1, -0.05) is 25.9 Å². The molecule has 1 heterocycles. The molecule has 1 rings (SSSR count). The van der Waals surface area contributed by atoms with E-state index in [1.54, 1.807) is 0 Å². The van der Waals surface area contributed by atoms with Crippen LogP contribution in [0.1, 0.15) is 37.8 Å². The number of hydrogen-bond donors (Lipinski definition) is 2. The minimum absolute atomic E-state index is 0.0915. The van der Waals surface area contributed by atoms with Crippen LogP contribution in [0.3, 0.4) is 0 Å². The minimum atomic E-state index is -0.354. The van der Waals surface area contributed by atoms with Crippen LogP contribution >= 0.6 is 0 Å². The van der Waals surface area contributed by atoms with Crippen molar-refractivity contribution in [3.8, 4) is 0 Å². The number of aromatic nitrogens is 1. The number of aliphatic hydroxyl groups is 1. The lowest BCUT2D eigenvalue weighted by molar-refractivity contribution is 0.0627. The quantitative estimate of drug-likeness (QED) is 0.821. The molecule has 2 N–H and O–H groups in total. The van der Waals surface area contributed by atoms with Gasteiger partial charge in [0.05, 0.1) is 11.8 Å². The maximum Gasteiger partial charge on any atom is 0.138 e. The zero-order valence-electron chi connectivity index (χ0n) is 10.8. The van der Waals surface area contributed by atoms with Crippen LogP contribution in [0.5, 0.6) is 0 Å². The Morgan fingerprint density at radius 1 is 1.38 bits per heavy atom. The van der Waals surface area contributed by atoms with E-state index in [4.69, 9.17) is 4.52 Å². The molecule has 0 bridgehead atoms. The first-order valence-electron chi connectivity index (χ1n) is 5.63. The molecule has 1 aromatic rings. The number of hydrogen-bond acceptors (Lipinski definition) is 4. The van der Waals surface area contributed by atoms with E-state index in [1.165, 1.54) is 0 Å². The summed E-state index contributed by atoms with van der Waals surface area (Å²) in [5, 5.41) is 17.0. The molecule has 0 aromatic carbocycles. The van der Waals surface area contributed by atoms with Crippen molar-refractivity contribution in [2.45, 2.75) is 47.3 Å². The van der Waals surface area contributed by atoms with Crippen molar-refractivity contribution < 1.29 is 9.63 Å². The summed E-state index contributed by atoms with van der Waals surface area (Å²) in [7, 11) is 0. The first-order chi connectivity index (χ1) is 7.32. The molecule has 1 unspecified atom stereocenters. The van der Waals surface area contributed by atoms with Gasteiger partial charge < -0.3 is 14.9 Å². The fraction of sp³-hybridized carbons (Fsp3) is 0.750. The summed E-state index contributed by atoms with van der Waals surface area (Å²) in [5.74, 6) is 0.843. The summed E-state index contributed by atoms with van der Waals surface area (Å²) in [5.41, 5.74) is 1.91. The highest BCUT2D eigenvalue weighted by Gasteiger charge is 2.21. The minimum Gasteiger partial charge on any atom is -0.391 e. The summed E-state index contributed by atoms with van der Waals surface area (Å²) in [6.45, 7) is 11.2. The monoisotopic (exact) mass is 226 g/mol. The Kier molecular flexibility index (Phi) is 4.10. The highest BCUT2D eigenvalue weighted by atomic mass is 16.5. The molecule has 0 aliphatic rings. The number of rotatable bonds is 4. The van der Waals surface area contributed by atoms with E-state index in [2.05, 4.69) is 10.5 Å². The Balaban J connectivity index is 2.42. The number of aryl methyl sites for hydroxylation is 2. The third-order valence-corrected chi connectivity index (χ3v) is 2.82. The van der Waals surface area contributed by atoms with E-state index in [9.17, 15) is 5.11 Å². The summed E-state index contributed by atoms with van der Waals surface area (Å²) in [6.07, 6.45) is -0.354. The summed E-state index contributed by atoms with van der Waals surface area (Å²) in [4.78, 5) is 0. The van der Waals surface area contributed by atoms with Crippen LogP contribution in [0.4, 0.5) is 0 Å². The highest BCUT2D eigenvalue weighted by Crippen LogP contribution is 2.18. The maximum atomic E-state index is 9.85. The molecular weight excluding hydrogens is 204 g/mol. The third kappa shape index (κ3) is 3.32. The van der Waals surface area contributed by atoms with Crippen molar-refractivity contribution >= 4 is 0 Å². The van der Waals surface area contributed by atoms with Gasteiger partial charge in [0.25, 0.3) is 0 Å². The Hall–Kier alpha value is -0.870. The summed E-state index contributed by atoms with van der Waals surface area (Å²) < 4.78 is 5.07. The van der Waals surface area contributed by atoms with Gasteiger partial charge in [0, 0.05) is 18.7 Å². The smallest absolute Gasteiger partial charge is 0.138 e. The molecule has 4 nitrogen and oxygen atoms in total. The molecule has 92 valence electrons. The second-order valence-electron chi connectivity index (χ2n) is 5.32. The first-order valence-corrected chi connectivity index (χ1v) is 5.63. The second kappa shape index (κ2) is 4.97. The molecule has 1 aromatic heterocycles. The molecular formula is C12H22N2O2.